The Balaban J connectivity index is 1.66. The van der Waals surface area contributed by atoms with Crippen molar-refractivity contribution < 1.29 is 4.74 Å². The first-order valence-electron chi connectivity index (χ1n) is 7.19. The van der Waals surface area contributed by atoms with Crippen LogP contribution in [-0.4, -0.2) is 24.2 Å². The van der Waals surface area contributed by atoms with E-state index in [2.05, 4.69) is 41.2 Å². The maximum Gasteiger partial charge on any atom is 0.138 e. The molecule has 0 radical (unpaired) electrons. The molecule has 0 saturated carbocycles. The normalized spacial score (nSPS) is 16.5. The zero-order chi connectivity index (χ0) is 14.5. The Morgan fingerprint density at radius 3 is 2.67 bits per heavy atom. The highest BCUT2D eigenvalue weighted by molar-refractivity contribution is 5.44. The minimum atomic E-state index is 0.479. The van der Waals surface area contributed by atoms with Gasteiger partial charge in [-0.3, -0.25) is 4.98 Å². The second kappa shape index (κ2) is 6.43. The summed E-state index contributed by atoms with van der Waals surface area (Å²) in [5.74, 6) is 7.05. The number of rotatable bonds is 3. The van der Waals surface area contributed by atoms with Crippen molar-refractivity contribution in [2.75, 3.05) is 13.2 Å². The Morgan fingerprint density at radius 1 is 1.19 bits per heavy atom. The summed E-state index contributed by atoms with van der Waals surface area (Å²) in [4.78, 5) is 4.18. The third-order valence-corrected chi connectivity index (χ3v) is 3.49. The molecule has 1 aromatic carbocycles. The van der Waals surface area contributed by atoms with Gasteiger partial charge in [-0.25, -0.2) is 0 Å². The van der Waals surface area contributed by atoms with E-state index in [0.29, 0.717) is 12.6 Å². The van der Waals surface area contributed by atoms with Crippen LogP contribution in [0.5, 0.6) is 5.75 Å². The highest BCUT2D eigenvalue weighted by Crippen LogP contribution is 2.12. The number of hydrogen-bond donors (Lipinski definition) is 1. The molecule has 3 heteroatoms. The number of nitrogens with one attached hydrogen (secondary N) is 1. The van der Waals surface area contributed by atoms with Gasteiger partial charge in [-0.05, 0) is 38.1 Å². The van der Waals surface area contributed by atoms with E-state index in [9.17, 15) is 0 Å². The van der Waals surface area contributed by atoms with E-state index in [4.69, 9.17) is 4.74 Å². The average Bonchev–Trinajstić information content (AvgIpc) is 2.46. The molecule has 2 aromatic rings. The van der Waals surface area contributed by atoms with Gasteiger partial charge in [0.1, 0.15) is 12.4 Å². The van der Waals surface area contributed by atoms with Crippen LogP contribution in [0.15, 0.2) is 42.7 Å². The van der Waals surface area contributed by atoms with Crippen molar-refractivity contribution >= 4 is 0 Å². The van der Waals surface area contributed by atoms with Gasteiger partial charge in [-0.1, -0.05) is 29.5 Å². The molecule has 1 aromatic heterocycles. The van der Waals surface area contributed by atoms with E-state index in [1.54, 1.807) is 12.4 Å². The van der Waals surface area contributed by atoms with Gasteiger partial charge in [0.2, 0.25) is 0 Å². The molecule has 0 spiro atoms. The average molecular weight is 278 g/mol. The second-order valence-electron chi connectivity index (χ2n) is 5.28. The lowest BCUT2D eigenvalue weighted by molar-refractivity contribution is 0.217. The summed E-state index contributed by atoms with van der Waals surface area (Å²) < 4.78 is 5.73. The summed E-state index contributed by atoms with van der Waals surface area (Å²) in [6.45, 7) is 3.85. The van der Waals surface area contributed by atoms with Crippen molar-refractivity contribution in [3.05, 3.63) is 59.4 Å². The highest BCUT2D eigenvalue weighted by atomic mass is 16.5. The number of nitrogens with zero attached hydrogens (tertiary/aromatic N) is 1. The van der Waals surface area contributed by atoms with E-state index in [1.165, 1.54) is 12.0 Å². The van der Waals surface area contributed by atoms with Crippen molar-refractivity contribution in [3.63, 3.8) is 0 Å². The first kappa shape index (κ1) is 13.7. The predicted octanol–water partition coefficient (Wildman–Crippen LogP) is 2.53. The molecule has 3 rings (SSSR count). The Labute approximate surface area is 125 Å². The Hall–Kier alpha value is -2.31. The van der Waals surface area contributed by atoms with Crippen LogP contribution in [0, 0.1) is 18.8 Å². The van der Waals surface area contributed by atoms with Crippen LogP contribution in [-0.2, 0) is 0 Å². The van der Waals surface area contributed by atoms with Gasteiger partial charge in [0.15, 0.2) is 0 Å². The fraction of sp³-hybridized carbons (Fsp3) is 0.278. The lowest BCUT2D eigenvalue weighted by atomic mass is 10.1. The smallest absolute Gasteiger partial charge is 0.138 e. The molecule has 0 bridgehead atoms. The summed E-state index contributed by atoms with van der Waals surface area (Å²) in [7, 11) is 0. The van der Waals surface area contributed by atoms with Crippen LogP contribution >= 0.6 is 0 Å². The molecular formula is C18H18N2O. The summed E-state index contributed by atoms with van der Waals surface area (Å²) in [5, 5.41) is 3.31. The fourth-order valence-electron chi connectivity index (χ4n) is 2.03. The van der Waals surface area contributed by atoms with E-state index in [0.717, 1.165) is 23.4 Å². The molecule has 1 fully saturated rings. The van der Waals surface area contributed by atoms with Crippen molar-refractivity contribution in [1.29, 1.82) is 0 Å². The fourth-order valence-corrected chi connectivity index (χ4v) is 2.03. The monoisotopic (exact) mass is 278 g/mol. The molecule has 3 nitrogen and oxygen atoms in total. The number of pyridine rings is 1. The van der Waals surface area contributed by atoms with E-state index < -0.39 is 0 Å². The minimum absolute atomic E-state index is 0.479. The van der Waals surface area contributed by atoms with Gasteiger partial charge in [0.25, 0.3) is 0 Å². The third kappa shape index (κ3) is 3.84. The number of aryl methyl sites for hydroxylation is 1. The number of ether oxygens (including phenoxy) is 1. The molecule has 1 atom stereocenters. The quantitative estimate of drug-likeness (QED) is 0.876. The zero-order valence-electron chi connectivity index (χ0n) is 12.1. The largest absolute Gasteiger partial charge is 0.490 e. The molecule has 1 saturated heterocycles. The molecule has 1 N–H and O–H groups in total. The maximum absolute atomic E-state index is 5.73. The Bertz CT molecular complexity index is 664. The summed E-state index contributed by atoms with van der Waals surface area (Å²) in [5.41, 5.74) is 3.11. The van der Waals surface area contributed by atoms with Crippen LogP contribution in [0.1, 0.15) is 23.1 Å². The first-order valence-corrected chi connectivity index (χ1v) is 7.19. The van der Waals surface area contributed by atoms with Crippen molar-refractivity contribution in [3.8, 4) is 17.6 Å². The minimum Gasteiger partial charge on any atom is -0.490 e. The zero-order valence-corrected chi connectivity index (χ0v) is 12.1. The van der Waals surface area contributed by atoms with Crippen LogP contribution in [0.2, 0.25) is 0 Å². The number of aromatic nitrogens is 1. The molecule has 0 unspecified atom stereocenters. The number of benzene rings is 1. The number of hydrogen-bond acceptors (Lipinski definition) is 3. The van der Waals surface area contributed by atoms with Gasteiger partial charge < -0.3 is 10.1 Å². The van der Waals surface area contributed by atoms with Crippen molar-refractivity contribution in [2.24, 2.45) is 0 Å². The Morgan fingerprint density at radius 2 is 1.95 bits per heavy atom. The lowest BCUT2D eigenvalue weighted by Gasteiger charge is -2.27. The molecule has 0 amide bonds. The second-order valence-corrected chi connectivity index (χ2v) is 5.28. The summed E-state index contributed by atoms with van der Waals surface area (Å²) in [6.07, 6.45) is 4.67. The third-order valence-electron chi connectivity index (χ3n) is 3.49. The molecule has 1 aliphatic rings. The van der Waals surface area contributed by atoms with E-state index in [1.807, 2.05) is 18.2 Å². The van der Waals surface area contributed by atoms with Gasteiger partial charge in [-0.2, -0.15) is 0 Å². The standard InChI is InChI=1S/C18H18N2O/c1-14-2-4-15(5-3-14)6-7-16-10-18(12-19-11-16)21-13-17-8-9-20-17/h2-5,10-12,17,20H,8-9,13H2,1H3/t17-/m0/s1. The van der Waals surface area contributed by atoms with Crippen molar-refractivity contribution in [2.45, 2.75) is 19.4 Å². The highest BCUT2D eigenvalue weighted by Gasteiger charge is 2.16. The van der Waals surface area contributed by atoms with Crippen LogP contribution in [0.25, 0.3) is 0 Å². The predicted molar refractivity (Wildman–Crippen MR) is 83.3 cm³/mol. The maximum atomic E-state index is 5.73. The van der Waals surface area contributed by atoms with Gasteiger partial charge in [0, 0.05) is 23.4 Å². The molecule has 106 valence electrons. The molecule has 1 aliphatic heterocycles. The topological polar surface area (TPSA) is 34.1 Å². The van der Waals surface area contributed by atoms with Gasteiger partial charge in [-0.15, -0.1) is 0 Å². The SMILES string of the molecule is Cc1ccc(C#Cc2cncc(OC[C@@H]3CCN3)c2)cc1. The molecule has 21 heavy (non-hydrogen) atoms. The van der Waals surface area contributed by atoms with Crippen LogP contribution in [0.4, 0.5) is 0 Å². The van der Waals surface area contributed by atoms with E-state index in [-0.39, 0.29) is 0 Å². The van der Waals surface area contributed by atoms with Crippen LogP contribution in [0.3, 0.4) is 0 Å². The first-order chi connectivity index (χ1) is 10.3. The van der Waals surface area contributed by atoms with E-state index >= 15 is 0 Å². The summed E-state index contributed by atoms with van der Waals surface area (Å²) >= 11 is 0. The van der Waals surface area contributed by atoms with Crippen molar-refractivity contribution in [1.82, 2.24) is 10.3 Å². The summed E-state index contributed by atoms with van der Waals surface area (Å²) in [6, 6.07) is 10.6. The molecule has 2 heterocycles. The molecular weight excluding hydrogens is 260 g/mol. The van der Waals surface area contributed by atoms with Gasteiger partial charge in [0.05, 0.1) is 6.20 Å². The molecule has 0 aliphatic carbocycles. The van der Waals surface area contributed by atoms with Gasteiger partial charge >= 0.3 is 0 Å². The lowest BCUT2D eigenvalue weighted by Crippen LogP contribution is -2.46. The Kier molecular flexibility index (Phi) is 4.18. The van der Waals surface area contributed by atoms with Crippen LogP contribution < -0.4 is 10.1 Å².